The number of nitrogens with two attached hydrogens (primary N) is 1. The molecule has 0 radical (unpaired) electrons. The minimum Gasteiger partial charge on any atom is -0.370 e. The van der Waals surface area contributed by atoms with Crippen LogP contribution in [0.5, 0.6) is 0 Å². The average molecular weight is 258 g/mol. The molecule has 0 atom stereocenters. The number of benzene rings is 2. The van der Waals surface area contributed by atoms with Gasteiger partial charge in [0.05, 0.1) is 0 Å². The molecule has 0 aliphatic rings. The summed E-state index contributed by atoms with van der Waals surface area (Å²) in [5.74, 6) is -0.184. The van der Waals surface area contributed by atoms with Gasteiger partial charge in [-0.05, 0) is 36.8 Å². The molecular weight excluding hydrogens is 239 g/mol. The second kappa shape index (κ2) is 5.85. The first kappa shape index (κ1) is 13.6. The highest BCUT2D eigenvalue weighted by Crippen LogP contribution is 2.18. The predicted molar refractivity (Wildman–Crippen MR) is 77.6 cm³/mol. The molecule has 2 aromatic rings. The Bertz CT molecular complexity index is 549. The van der Waals surface area contributed by atoms with Gasteiger partial charge in [-0.2, -0.15) is 0 Å². The summed E-state index contributed by atoms with van der Waals surface area (Å²) in [7, 11) is 1.96. The highest BCUT2D eigenvalue weighted by Gasteiger charge is 2.07. The van der Waals surface area contributed by atoms with Gasteiger partial charge in [-0.1, -0.05) is 23.8 Å². The van der Waals surface area contributed by atoms with Gasteiger partial charge >= 0.3 is 0 Å². The van der Waals surface area contributed by atoms with Crippen molar-refractivity contribution in [1.29, 1.82) is 0 Å². The highest BCUT2D eigenvalue weighted by atomic mass is 19.1. The molecule has 0 unspecified atom stereocenters. The van der Waals surface area contributed by atoms with Gasteiger partial charge in [0.1, 0.15) is 5.82 Å². The first-order chi connectivity index (χ1) is 9.10. The first-order valence-corrected chi connectivity index (χ1v) is 6.35. The van der Waals surface area contributed by atoms with Crippen LogP contribution in [0, 0.1) is 12.7 Å². The zero-order chi connectivity index (χ0) is 13.8. The number of nitrogens with zero attached hydrogens (tertiary/aromatic N) is 1. The van der Waals surface area contributed by atoms with Gasteiger partial charge < -0.3 is 10.6 Å². The van der Waals surface area contributed by atoms with Gasteiger partial charge in [0, 0.05) is 31.4 Å². The van der Waals surface area contributed by atoms with Crippen LogP contribution in [-0.4, -0.2) is 7.05 Å². The summed E-state index contributed by atoms with van der Waals surface area (Å²) >= 11 is 0. The van der Waals surface area contributed by atoms with E-state index in [2.05, 4.69) is 12.1 Å². The second-order valence-corrected chi connectivity index (χ2v) is 4.82. The van der Waals surface area contributed by atoms with E-state index in [-0.39, 0.29) is 5.82 Å². The molecule has 0 aliphatic heterocycles. The van der Waals surface area contributed by atoms with E-state index < -0.39 is 0 Å². The molecule has 0 aromatic heterocycles. The van der Waals surface area contributed by atoms with Crippen molar-refractivity contribution < 1.29 is 4.39 Å². The fourth-order valence-electron chi connectivity index (χ4n) is 2.02. The third-order valence-corrected chi connectivity index (χ3v) is 3.23. The molecule has 100 valence electrons. The van der Waals surface area contributed by atoms with Crippen LogP contribution in [0.2, 0.25) is 0 Å². The number of hydrogen-bond donors (Lipinski definition) is 1. The monoisotopic (exact) mass is 258 g/mol. The Labute approximate surface area is 113 Å². The lowest BCUT2D eigenvalue weighted by molar-refractivity contribution is 0.607. The average Bonchev–Trinajstić information content (AvgIpc) is 2.42. The van der Waals surface area contributed by atoms with E-state index in [9.17, 15) is 4.39 Å². The van der Waals surface area contributed by atoms with Gasteiger partial charge in [-0.25, -0.2) is 4.39 Å². The maximum Gasteiger partial charge on any atom is 0.128 e. The molecule has 0 aliphatic carbocycles. The molecule has 2 aromatic carbocycles. The topological polar surface area (TPSA) is 29.3 Å². The minimum absolute atomic E-state index is 0.184. The smallest absolute Gasteiger partial charge is 0.128 e. The zero-order valence-corrected chi connectivity index (χ0v) is 11.4. The van der Waals surface area contributed by atoms with E-state index in [0.717, 1.165) is 11.3 Å². The lowest BCUT2D eigenvalue weighted by Gasteiger charge is -2.20. The van der Waals surface area contributed by atoms with E-state index in [4.69, 9.17) is 5.73 Å². The standard InChI is InChI=1S/C16H19FN2/c1-12-3-6-15(7-4-12)19(2)11-14-9-13(10-18)5-8-16(14)17/h3-9H,10-11,18H2,1-2H3. The molecule has 2 rings (SSSR count). The predicted octanol–water partition coefficient (Wildman–Crippen LogP) is 3.23. The second-order valence-electron chi connectivity index (χ2n) is 4.82. The Hall–Kier alpha value is -1.87. The van der Waals surface area contributed by atoms with Gasteiger partial charge in [-0.3, -0.25) is 0 Å². The summed E-state index contributed by atoms with van der Waals surface area (Å²) in [6.07, 6.45) is 0. The number of anilines is 1. The maximum atomic E-state index is 13.8. The van der Waals surface area contributed by atoms with Crippen molar-refractivity contribution in [2.75, 3.05) is 11.9 Å². The van der Waals surface area contributed by atoms with E-state index in [1.54, 1.807) is 6.07 Å². The molecule has 2 N–H and O–H groups in total. The largest absolute Gasteiger partial charge is 0.370 e. The van der Waals surface area contributed by atoms with Crippen molar-refractivity contribution in [3.05, 3.63) is 65.0 Å². The lowest BCUT2D eigenvalue weighted by atomic mass is 10.1. The SMILES string of the molecule is Cc1ccc(N(C)Cc2cc(CN)ccc2F)cc1. The Morgan fingerprint density at radius 1 is 1.11 bits per heavy atom. The molecule has 0 saturated carbocycles. The molecular formula is C16H19FN2. The minimum atomic E-state index is -0.184. The lowest BCUT2D eigenvalue weighted by Crippen LogP contribution is -2.17. The fraction of sp³-hybridized carbons (Fsp3) is 0.250. The molecule has 0 bridgehead atoms. The molecule has 2 nitrogen and oxygen atoms in total. The van der Waals surface area contributed by atoms with Crippen molar-refractivity contribution >= 4 is 5.69 Å². The van der Waals surface area contributed by atoms with Crippen molar-refractivity contribution in [3.63, 3.8) is 0 Å². The third kappa shape index (κ3) is 3.32. The normalized spacial score (nSPS) is 10.5. The van der Waals surface area contributed by atoms with E-state index >= 15 is 0 Å². The van der Waals surface area contributed by atoms with Gasteiger partial charge in [0.25, 0.3) is 0 Å². The van der Waals surface area contributed by atoms with Crippen molar-refractivity contribution in [1.82, 2.24) is 0 Å². The summed E-state index contributed by atoms with van der Waals surface area (Å²) in [5.41, 5.74) is 9.50. The first-order valence-electron chi connectivity index (χ1n) is 6.35. The van der Waals surface area contributed by atoms with E-state index in [1.165, 1.54) is 11.6 Å². The van der Waals surface area contributed by atoms with Crippen molar-refractivity contribution in [2.45, 2.75) is 20.0 Å². The summed E-state index contributed by atoms with van der Waals surface area (Å²) in [6, 6.07) is 13.2. The Kier molecular flexibility index (Phi) is 4.17. The van der Waals surface area contributed by atoms with Crippen LogP contribution >= 0.6 is 0 Å². The summed E-state index contributed by atoms with van der Waals surface area (Å²) < 4.78 is 13.8. The molecule has 0 saturated heterocycles. The summed E-state index contributed by atoms with van der Waals surface area (Å²) in [4.78, 5) is 2.03. The van der Waals surface area contributed by atoms with Crippen LogP contribution < -0.4 is 10.6 Å². The van der Waals surface area contributed by atoms with Crippen LogP contribution in [0.1, 0.15) is 16.7 Å². The zero-order valence-electron chi connectivity index (χ0n) is 11.4. The molecule has 0 fully saturated rings. The van der Waals surface area contributed by atoms with Crippen LogP contribution in [0.3, 0.4) is 0 Å². The molecule has 3 heteroatoms. The van der Waals surface area contributed by atoms with Crippen LogP contribution in [0.4, 0.5) is 10.1 Å². The molecule has 0 amide bonds. The molecule has 0 heterocycles. The van der Waals surface area contributed by atoms with Crippen LogP contribution in [0.25, 0.3) is 0 Å². The van der Waals surface area contributed by atoms with E-state index in [1.807, 2.05) is 37.1 Å². The molecule has 19 heavy (non-hydrogen) atoms. The van der Waals surface area contributed by atoms with Crippen LogP contribution in [-0.2, 0) is 13.1 Å². The highest BCUT2D eigenvalue weighted by molar-refractivity contribution is 5.47. The number of rotatable bonds is 4. The summed E-state index contributed by atoms with van der Waals surface area (Å²) in [5, 5.41) is 0. The molecule has 0 spiro atoms. The van der Waals surface area contributed by atoms with E-state index in [0.29, 0.717) is 18.7 Å². The number of aryl methyl sites for hydroxylation is 1. The maximum absolute atomic E-state index is 13.8. The van der Waals surface area contributed by atoms with Gasteiger partial charge in [-0.15, -0.1) is 0 Å². The van der Waals surface area contributed by atoms with Crippen molar-refractivity contribution in [2.24, 2.45) is 5.73 Å². The number of halogens is 1. The Morgan fingerprint density at radius 2 is 1.79 bits per heavy atom. The Morgan fingerprint density at radius 3 is 2.42 bits per heavy atom. The van der Waals surface area contributed by atoms with Crippen LogP contribution in [0.15, 0.2) is 42.5 Å². The van der Waals surface area contributed by atoms with Gasteiger partial charge in [0.2, 0.25) is 0 Å². The van der Waals surface area contributed by atoms with Crippen molar-refractivity contribution in [3.8, 4) is 0 Å². The van der Waals surface area contributed by atoms with Gasteiger partial charge in [0.15, 0.2) is 0 Å². The Balaban J connectivity index is 2.18. The quantitative estimate of drug-likeness (QED) is 0.912. The summed E-state index contributed by atoms with van der Waals surface area (Å²) in [6.45, 7) is 3.01. The fourth-order valence-corrected chi connectivity index (χ4v) is 2.02. The third-order valence-electron chi connectivity index (χ3n) is 3.23. The number of hydrogen-bond acceptors (Lipinski definition) is 2.